The molecule has 0 N–H and O–H groups in total. The summed E-state index contributed by atoms with van der Waals surface area (Å²) in [7, 11) is 3.18. The summed E-state index contributed by atoms with van der Waals surface area (Å²) in [5.74, 6) is -0.849. The van der Waals surface area contributed by atoms with E-state index >= 15 is 0 Å². The minimum absolute atomic E-state index is 0.116. The predicted octanol–water partition coefficient (Wildman–Crippen LogP) is 0.375. The van der Waals surface area contributed by atoms with Crippen molar-refractivity contribution in [3.8, 4) is 0 Å². The van der Waals surface area contributed by atoms with Crippen LogP contribution in [0.2, 0.25) is 0 Å². The van der Waals surface area contributed by atoms with E-state index < -0.39 is 12.1 Å². The van der Waals surface area contributed by atoms with Gasteiger partial charge in [0.1, 0.15) is 0 Å². The van der Waals surface area contributed by atoms with E-state index in [1.807, 2.05) is 19.9 Å². The second-order valence-electron chi connectivity index (χ2n) is 4.97. The quantitative estimate of drug-likeness (QED) is 0.759. The summed E-state index contributed by atoms with van der Waals surface area (Å²) in [4.78, 5) is 33.2. The molecule has 2 aromatic heterocycles. The minimum atomic E-state index is -0.894. The summed E-state index contributed by atoms with van der Waals surface area (Å²) < 4.78 is 6.52. The third-order valence-corrected chi connectivity index (χ3v) is 2.87. The Bertz CT molecular complexity index is 707. The number of likely N-dealkylation sites (N-methyl/N-ethyl adjacent to an activating group) is 1. The zero-order chi connectivity index (χ0) is 15.7. The van der Waals surface area contributed by atoms with Crippen molar-refractivity contribution in [3.05, 3.63) is 23.3 Å². The zero-order valence-corrected chi connectivity index (χ0v) is 12.6. The van der Waals surface area contributed by atoms with Crippen LogP contribution in [0.3, 0.4) is 0 Å². The second-order valence-corrected chi connectivity index (χ2v) is 4.97. The maximum Gasteiger partial charge on any atom is 0.379 e. The number of hydrogen-bond donors (Lipinski definition) is 0. The maximum atomic E-state index is 12.0. The molecule has 8 heteroatoms. The number of aryl methyl sites for hydroxylation is 2. The molecule has 8 nitrogen and oxygen atoms in total. The van der Waals surface area contributed by atoms with E-state index in [1.54, 1.807) is 14.1 Å². The number of aromatic nitrogens is 4. The van der Waals surface area contributed by atoms with Crippen LogP contribution >= 0.6 is 0 Å². The Labute approximate surface area is 121 Å². The lowest BCUT2D eigenvalue weighted by atomic mass is 10.3. The number of hydrogen-bond acceptors (Lipinski definition) is 6. The molecule has 0 radical (unpaired) electrons. The fourth-order valence-corrected chi connectivity index (χ4v) is 1.88. The number of amides is 1. The molecule has 0 aromatic carbocycles. The highest BCUT2D eigenvalue weighted by molar-refractivity contribution is 5.89. The van der Waals surface area contributed by atoms with Gasteiger partial charge in [0.05, 0.1) is 0 Å². The highest BCUT2D eigenvalue weighted by atomic mass is 16.5. The molecule has 1 amide bonds. The summed E-state index contributed by atoms with van der Waals surface area (Å²) in [5.41, 5.74) is 1.59. The Kier molecular flexibility index (Phi) is 3.88. The van der Waals surface area contributed by atoms with E-state index in [4.69, 9.17) is 4.74 Å². The first-order chi connectivity index (χ1) is 9.79. The molecule has 0 bridgehead atoms. The molecule has 21 heavy (non-hydrogen) atoms. The molecule has 0 saturated heterocycles. The summed E-state index contributed by atoms with van der Waals surface area (Å²) in [6.07, 6.45) is -0.894. The van der Waals surface area contributed by atoms with Crippen molar-refractivity contribution >= 4 is 17.7 Å². The Morgan fingerprint density at radius 2 is 1.95 bits per heavy atom. The smallest absolute Gasteiger partial charge is 0.379 e. The molecule has 1 atom stereocenters. The molecule has 0 saturated carbocycles. The van der Waals surface area contributed by atoms with Gasteiger partial charge in [0.15, 0.2) is 6.10 Å². The molecule has 0 spiro atoms. The van der Waals surface area contributed by atoms with Crippen LogP contribution in [-0.2, 0) is 9.53 Å². The van der Waals surface area contributed by atoms with Crippen LogP contribution in [-0.4, -0.2) is 56.6 Å². The summed E-state index contributed by atoms with van der Waals surface area (Å²) in [5, 5.41) is 4.05. The topological polar surface area (TPSA) is 89.7 Å². The largest absolute Gasteiger partial charge is 0.447 e. The number of carbonyl (C=O) groups excluding carboxylic acids is 2. The molecule has 0 aliphatic rings. The standard InChI is InChI=1S/C13H17N5O3/c1-7-6-8(2)18-13(14-7)15-10(16-18)12(20)21-9(3)11(19)17(4)5/h6,9H,1-5H3/t9-/m0/s1. The van der Waals surface area contributed by atoms with Crippen LogP contribution in [0.15, 0.2) is 6.07 Å². The van der Waals surface area contributed by atoms with Crippen LogP contribution in [0.4, 0.5) is 0 Å². The van der Waals surface area contributed by atoms with Gasteiger partial charge in [-0.15, -0.1) is 5.10 Å². The van der Waals surface area contributed by atoms with Gasteiger partial charge in [-0.3, -0.25) is 4.79 Å². The van der Waals surface area contributed by atoms with Gasteiger partial charge in [-0.05, 0) is 26.8 Å². The minimum Gasteiger partial charge on any atom is -0.447 e. The van der Waals surface area contributed by atoms with Gasteiger partial charge in [-0.2, -0.15) is 4.98 Å². The number of esters is 1. The zero-order valence-electron chi connectivity index (χ0n) is 12.6. The molecule has 2 heterocycles. The van der Waals surface area contributed by atoms with Crippen LogP contribution in [0.25, 0.3) is 5.78 Å². The Balaban J connectivity index is 2.24. The fraction of sp³-hybridized carbons (Fsp3) is 0.462. The molecular weight excluding hydrogens is 274 g/mol. The Morgan fingerprint density at radius 1 is 1.29 bits per heavy atom. The summed E-state index contributed by atoms with van der Waals surface area (Å²) >= 11 is 0. The maximum absolute atomic E-state index is 12.0. The number of carbonyl (C=O) groups is 2. The fourth-order valence-electron chi connectivity index (χ4n) is 1.88. The van der Waals surface area contributed by atoms with E-state index in [9.17, 15) is 9.59 Å². The van der Waals surface area contributed by atoms with Gasteiger partial charge in [0, 0.05) is 25.5 Å². The Morgan fingerprint density at radius 3 is 2.57 bits per heavy atom. The molecule has 0 aliphatic carbocycles. The third kappa shape index (κ3) is 2.99. The van der Waals surface area contributed by atoms with Gasteiger partial charge in [0.2, 0.25) is 0 Å². The normalized spacial score (nSPS) is 12.2. The second kappa shape index (κ2) is 5.47. The SMILES string of the molecule is Cc1cc(C)n2nc(C(=O)O[C@@H](C)C(=O)N(C)C)nc2n1. The first-order valence-corrected chi connectivity index (χ1v) is 6.42. The van der Waals surface area contributed by atoms with Crippen molar-refractivity contribution in [2.24, 2.45) is 0 Å². The van der Waals surface area contributed by atoms with Gasteiger partial charge in [-0.25, -0.2) is 14.3 Å². The van der Waals surface area contributed by atoms with Gasteiger partial charge < -0.3 is 9.64 Å². The van der Waals surface area contributed by atoms with E-state index in [2.05, 4.69) is 15.1 Å². The summed E-state index contributed by atoms with van der Waals surface area (Å²) in [6.45, 7) is 5.17. The van der Waals surface area contributed by atoms with E-state index in [-0.39, 0.29) is 11.7 Å². The lowest BCUT2D eigenvalue weighted by Gasteiger charge is -2.16. The lowest BCUT2D eigenvalue weighted by molar-refractivity contribution is -0.137. The van der Waals surface area contributed by atoms with Crippen LogP contribution in [0, 0.1) is 13.8 Å². The average molecular weight is 291 g/mol. The van der Waals surface area contributed by atoms with Gasteiger partial charge in [0.25, 0.3) is 17.5 Å². The van der Waals surface area contributed by atoms with E-state index in [1.165, 1.54) is 16.3 Å². The monoisotopic (exact) mass is 291 g/mol. The number of ether oxygens (including phenoxy) is 1. The van der Waals surface area contributed by atoms with Crippen LogP contribution in [0.5, 0.6) is 0 Å². The molecule has 112 valence electrons. The molecular formula is C13H17N5O3. The van der Waals surface area contributed by atoms with Crippen molar-refractivity contribution in [2.45, 2.75) is 26.9 Å². The van der Waals surface area contributed by atoms with Gasteiger partial charge in [-0.1, -0.05) is 0 Å². The molecule has 0 unspecified atom stereocenters. The number of fused-ring (bicyclic) bond motifs is 1. The Hall–Kier alpha value is -2.51. The van der Waals surface area contributed by atoms with Crippen LogP contribution in [0.1, 0.15) is 28.9 Å². The molecule has 0 fully saturated rings. The van der Waals surface area contributed by atoms with Crippen molar-refractivity contribution in [1.29, 1.82) is 0 Å². The highest BCUT2D eigenvalue weighted by Gasteiger charge is 2.23. The highest BCUT2D eigenvalue weighted by Crippen LogP contribution is 2.07. The average Bonchev–Trinajstić information content (AvgIpc) is 2.81. The van der Waals surface area contributed by atoms with Crippen molar-refractivity contribution in [1.82, 2.24) is 24.5 Å². The number of rotatable bonds is 3. The van der Waals surface area contributed by atoms with Crippen molar-refractivity contribution in [3.63, 3.8) is 0 Å². The predicted molar refractivity (Wildman–Crippen MR) is 73.8 cm³/mol. The van der Waals surface area contributed by atoms with Crippen molar-refractivity contribution < 1.29 is 14.3 Å². The summed E-state index contributed by atoms with van der Waals surface area (Å²) in [6, 6.07) is 1.83. The van der Waals surface area contributed by atoms with E-state index in [0.29, 0.717) is 5.78 Å². The first-order valence-electron chi connectivity index (χ1n) is 6.42. The first kappa shape index (κ1) is 14.9. The van der Waals surface area contributed by atoms with Crippen LogP contribution < -0.4 is 0 Å². The third-order valence-electron chi connectivity index (χ3n) is 2.87. The molecule has 2 rings (SSSR count). The molecule has 2 aromatic rings. The van der Waals surface area contributed by atoms with E-state index in [0.717, 1.165) is 11.4 Å². The van der Waals surface area contributed by atoms with Crippen molar-refractivity contribution in [2.75, 3.05) is 14.1 Å². The van der Waals surface area contributed by atoms with Gasteiger partial charge >= 0.3 is 5.97 Å². The number of nitrogens with zero attached hydrogens (tertiary/aromatic N) is 5. The lowest BCUT2D eigenvalue weighted by Crippen LogP contribution is -2.35. The molecule has 0 aliphatic heterocycles.